The number of benzene rings is 1. The summed E-state index contributed by atoms with van der Waals surface area (Å²) >= 11 is 0. The molecule has 0 spiro atoms. The van der Waals surface area contributed by atoms with Crippen molar-refractivity contribution in [3.05, 3.63) is 70.9 Å². The zero-order chi connectivity index (χ0) is 27.0. The minimum Gasteiger partial charge on any atom is -0.393 e. The van der Waals surface area contributed by atoms with Gasteiger partial charge >= 0.3 is 0 Å². The topological polar surface area (TPSA) is 111 Å². The van der Waals surface area contributed by atoms with Crippen molar-refractivity contribution in [2.24, 2.45) is 0 Å². The summed E-state index contributed by atoms with van der Waals surface area (Å²) < 4.78 is 44.4. The Morgan fingerprint density at radius 3 is 2.66 bits per heavy atom. The molecule has 1 aromatic carbocycles. The van der Waals surface area contributed by atoms with Crippen LogP contribution in [0, 0.1) is 12.9 Å². The summed E-state index contributed by atoms with van der Waals surface area (Å²) in [5, 5.41) is 18.3. The lowest BCUT2D eigenvalue weighted by molar-refractivity contribution is -0.139. The number of piperidine rings is 1. The van der Waals surface area contributed by atoms with E-state index in [2.05, 4.69) is 15.2 Å². The SMILES string of the molecule is Cc1ccc(-n2ncc3c(=O)n(C[C@@H]4CC(O)CCN4C(=O)CC(C(F)F)n4ccc(F)n4)cnc32)cc1. The Hall–Kier alpha value is -4.00. The monoisotopic (exact) mass is 529 g/mol. The van der Waals surface area contributed by atoms with E-state index in [9.17, 15) is 27.9 Å². The van der Waals surface area contributed by atoms with E-state index in [1.54, 1.807) is 4.68 Å². The Labute approximate surface area is 214 Å². The van der Waals surface area contributed by atoms with Crippen molar-refractivity contribution in [3.8, 4) is 5.69 Å². The van der Waals surface area contributed by atoms with Gasteiger partial charge < -0.3 is 10.0 Å². The lowest BCUT2D eigenvalue weighted by Crippen LogP contribution is -2.51. The molecule has 1 N–H and O–H groups in total. The highest BCUT2D eigenvalue weighted by Gasteiger charge is 2.35. The van der Waals surface area contributed by atoms with E-state index in [4.69, 9.17) is 0 Å². The quantitative estimate of drug-likeness (QED) is 0.394. The molecule has 3 aromatic heterocycles. The number of fused-ring (bicyclic) bond motifs is 1. The molecule has 1 fully saturated rings. The van der Waals surface area contributed by atoms with E-state index in [0.29, 0.717) is 5.65 Å². The lowest BCUT2D eigenvalue weighted by atomic mass is 9.98. The van der Waals surface area contributed by atoms with Gasteiger partial charge in [0.05, 0.1) is 30.5 Å². The Bertz CT molecular complexity index is 1500. The highest BCUT2D eigenvalue weighted by Crippen LogP contribution is 2.26. The second-order valence-electron chi connectivity index (χ2n) is 9.47. The summed E-state index contributed by atoms with van der Waals surface area (Å²) in [7, 11) is 0. The molecule has 10 nitrogen and oxygen atoms in total. The minimum absolute atomic E-state index is 0.00995. The van der Waals surface area contributed by atoms with Gasteiger partial charge in [-0.3, -0.25) is 18.8 Å². The second-order valence-corrected chi connectivity index (χ2v) is 9.47. The van der Waals surface area contributed by atoms with Gasteiger partial charge in [-0.15, -0.1) is 5.10 Å². The first-order valence-electron chi connectivity index (χ1n) is 12.2. The van der Waals surface area contributed by atoms with Gasteiger partial charge in [0, 0.05) is 25.4 Å². The number of hydrogen-bond donors (Lipinski definition) is 1. The molecule has 38 heavy (non-hydrogen) atoms. The van der Waals surface area contributed by atoms with Gasteiger partial charge in [0.25, 0.3) is 12.0 Å². The van der Waals surface area contributed by atoms with Crippen LogP contribution in [-0.4, -0.2) is 70.1 Å². The zero-order valence-corrected chi connectivity index (χ0v) is 20.5. The average molecular weight is 530 g/mol. The molecule has 4 aromatic rings. The summed E-state index contributed by atoms with van der Waals surface area (Å²) in [4.78, 5) is 32.2. The molecule has 5 rings (SSSR count). The third-order valence-corrected chi connectivity index (χ3v) is 6.84. The Morgan fingerprint density at radius 1 is 1.21 bits per heavy atom. The molecular formula is C25H26F3N7O3. The zero-order valence-electron chi connectivity index (χ0n) is 20.5. The summed E-state index contributed by atoms with van der Waals surface area (Å²) in [6.07, 6.45) is 0.000656. The van der Waals surface area contributed by atoms with Crippen molar-refractivity contribution in [3.63, 3.8) is 0 Å². The maximum atomic E-state index is 13.7. The number of likely N-dealkylation sites (tertiary alicyclic amines) is 1. The number of alkyl halides is 2. The highest BCUT2D eigenvalue weighted by atomic mass is 19.3. The molecule has 0 saturated carbocycles. The van der Waals surface area contributed by atoms with E-state index in [-0.39, 0.29) is 36.9 Å². The molecule has 2 unspecified atom stereocenters. The van der Waals surface area contributed by atoms with Crippen molar-refractivity contribution in [1.82, 2.24) is 34.0 Å². The number of aliphatic hydroxyl groups excluding tert-OH is 1. The van der Waals surface area contributed by atoms with Gasteiger partial charge in [-0.1, -0.05) is 17.7 Å². The Balaban J connectivity index is 1.39. The molecule has 1 amide bonds. The molecule has 0 aliphatic carbocycles. The Kier molecular flexibility index (Phi) is 7.02. The molecule has 200 valence electrons. The van der Waals surface area contributed by atoms with Crippen molar-refractivity contribution < 1.29 is 23.1 Å². The van der Waals surface area contributed by atoms with Gasteiger partial charge in [-0.2, -0.15) is 9.49 Å². The first kappa shape index (κ1) is 25.6. The number of aliphatic hydroxyl groups is 1. The predicted molar refractivity (Wildman–Crippen MR) is 130 cm³/mol. The van der Waals surface area contributed by atoms with E-state index >= 15 is 0 Å². The molecule has 4 heterocycles. The third-order valence-electron chi connectivity index (χ3n) is 6.84. The fraction of sp³-hybridized carbons (Fsp3) is 0.400. The number of amides is 1. The number of aryl methyl sites for hydroxylation is 1. The van der Waals surface area contributed by atoms with Gasteiger partial charge in [0.2, 0.25) is 11.9 Å². The number of nitrogens with zero attached hydrogens (tertiary/aromatic N) is 7. The second kappa shape index (κ2) is 10.4. The van der Waals surface area contributed by atoms with Crippen molar-refractivity contribution >= 4 is 16.9 Å². The highest BCUT2D eigenvalue weighted by molar-refractivity contribution is 5.77. The van der Waals surface area contributed by atoms with Gasteiger partial charge in [-0.05, 0) is 31.9 Å². The van der Waals surface area contributed by atoms with Gasteiger partial charge in [0.15, 0.2) is 5.65 Å². The first-order valence-corrected chi connectivity index (χ1v) is 12.2. The van der Waals surface area contributed by atoms with Crippen LogP contribution < -0.4 is 5.56 Å². The van der Waals surface area contributed by atoms with Crippen LogP contribution in [0.5, 0.6) is 0 Å². The number of carbonyl (C=O) groups excluding carboxylic acids is 1. The molecule has 1 aliphatic heterocycles. The van der Waals surface area contributed by atoms with Crippen LogP contribution in [0.25, 0.3) is 16.7 Å². The standard InChI is InChI=1S/C25H26F3N7O3/c1-15-2-4-16(5-3-15)35-24-19(12-30-35)25(38)32(14-29-24)13-17-10-18(36)6-8-33(17)22(37)11-20(23(27)28)34-9-7-21(26)31-34/h2-5,7,9,12,14,17-18,20,23,36H,6,8,10-11,13H2,1H3/t17-,18?,20?/m0/s1. The Morgan fingerprint density at radius 2 is 1.97 bits per heavy atom. The number of rotatable bonds is 7. The molecule has 0 bridgehead atoms. The number of aromatic nitrogens is 6. The van der Waals surface area contributed by atoms with Crippen molar-refractivity contribution in [2.45, 2.75) is 57.3 Å². The molecule has 0 radical (unpaired) electrons. The first-order chi connectivity index (χ1) is 18.2. The minimum atomic E-state index is -2.95. The fourth-order valence-corrected chi connectivity index (χ4v) is 4.81. The van der Waals surface area contributed by atoms with Crippen LogP contribution >= 0.6 is 0 Å². The average Bonchev–Trinajstić information content (AvgIpc) is 3.51. The van der Waals surface area contributed by atoms with Crippen molar-refractivity contribution in [1.29, 1.82) is 0 Å². The maximum Gasteiger partial charge on any atom is 0.264 e. The van der Waals surface area contributed by atoms with E-state index in [1.807, 2.05) is 31.2 Å². The molecule has 1 aliphatic rings. The van der Waals surface area contributed by atoms with Gasteiger partial charge in [-0.25, -0.2) is 18.4 Å². The lowest BCUT2D eigenvalue weighted by Gasteiger charge is -2.38. The number of carbonyl (C=O) groups is 1. The van der Waals surface area contributed by atoms with Crippen LogP contribution in [0.1, 0.15) is 30.9 Å². The largest absolute Gasteiger partial charge is 0.393 e. The number of hydrogen-bond acceptors (Lipinski definition) is 6. The maximum absolute atomic E-state index is 13.7. The normalized spacial score (nSPS) is 18.8. The predicted octanol–water partition coefficient (Wildman–Crippen LogP) is 2.47. The van der Waals surface area contributed by atoms with Crippen LogP contribution in [0.15, 0.2) is 53.8 Å². The van der Waals surface area contributed by atoms with E-state index < -0.39 is 42.9 Å². The van der Waals surface area contributed by atoms with Crippen LogP contribution in [-0.2, 0) is 11.3 Å². The smallest absolute Gasteiger partial charge is 0.264 e. The molecule has 1 saturated heterocycles. The summed E-state index contributed by atoms with van der Waals surface area (Å²) in [6.45, 7) is 2.10. The van der Waals surface area contributed by atoms with E-state index in [1.165, 1.54) is 22.0 Å². The molecule has 3 atom stereocenters. The van der Waals surface area contributed by atoms with Crippen LogP contribution in [0.3, 0.4) is 0 Å². The third kappa shape index (κ3) is 5.05. The van der Waals surface area contributed by atoms with Crippen molar-refractivity contribution in [2.75, 3.05) is 6.54 Å². The summed E-state index contributed by atoms with van der Waals surface area (Å²) in [6, 6.07) is 6.24. The molecular weight excluding hydrogens is 503 g/mol. The summed E-state index contributed by atoms with van der Waals surface area (Å²) in [5.41, 5.74) is 1.82. The van der Waals surface area contributed by atoms with Crippen LogP contribution in [0.2, 0.25) is 0 Å². The van der Waals surface area contributed by atoms with Gasteiger partial charge in [0.1, 0.15) is 17.8 Å². The fourth-order valence-electron chi connectivity index (χ4n) is 4.81. The van der Waals surface area contributed by atoms with Crippen LogP contribution in [0.4, 0.5) is 13.2 Å². The summed E-state index contributed by atoms with van der Waals surface area (Å²) in [5.74, 6) is -1.52. The van der Waals surface area contributed by atoms with E-state index in [0.717, 1.165) is 28.2 Å². The number of halogens is 3. The molecule has 13 heteroatoms.